The van der Waals surface area contributed by atoms with Gasteiger partial charge in [-0.15, -0.1) is 11.6 Å². The van der Waals surface area contributed by atoms with E-state index in [1.807, 2.05) is 0 Å². The van der Waals surface area contributed by atoms with E-state index in [1.54, 1.807) is 0 Å². The highest BCUT2D eigenvalue weighted by atomic mass is 35.5. The summed E-state index contributed by atoms with van der Waals surface area (Å²) in [6, 6.07) is 3.76. The molecule has 0 saturated heterocycles. The van der Waals surface area contributed by atoms with Gasteiger partial charge in [-0.2, -0.15) is 0 Å². The number of nitrogens with zero attached hydrogens (tertiary/aromatic N) is 1. The standard InChI is InChI=1S/C10H12ClNO5/c1-17-9-3-2-6(12(15)16)4-7(9)10(14)8(13)5-11/h2-4,8,10,13-14H,5H2,1H3. The third-order valence-electron chi connectivity index (χ3n) is 2.27. The topological polar surface area (TPSA) is 92.8 Å². The van der Waals surface area contributed by atoms with Gasteiger partial charge in [-0.3, -0.25) is 10.1 Å². The zero-order chi connectivity index (χ0) is 13.0. The Balaban J connectivity index is 3.18. The van der Waals surface area contributed by atoms with Gasteiger partial charge in [0.2, 0.25) is 0 Å². The number of aliphatic hydroxyl groups excluding tert-OH is 2. The summed E-state index contributed by atoms with van der Waals surface area (Å²) in [4.78, 5) is 10.0. The third kappa shape index (κ3) is 3.06. The van der Waals surface area contributed by atoms with E-state index in [1.165, 1.54) is 19.2 Å². The van der Waals surface area contributed by atoms with Crippen LogP contribution in [0.25, 0.3) is 0 Å². The molecule has 0 heterocycles. The number of ether oxygens (including phenoxy) is 1. The van der Waals surface area contributed by atoms with Crippen LogP contribution in [0.3, 0.4) is 0 Å². The van der Waals surface area contributed by atoms with Gasteiger partial charge in [0, 0.05) is 17.7 Å². The van der Waals surface area contributed by atoms with Gasteiger partial charge in [0.1, 0.15) is 11.9 Å². The van der Waals surface area contributed by atoms with Crippen molar-refractivity contribution in [3.05, 3.63) is 33.9 Å². The lowest BCUT2D eigenvalue weighted by Gasteiger charge is -2.18. The lowest BCUT2D eigenvalue weighted by molar-refractivity contribution is -0.385. The van der Waals surface area contributed by atoms with Gasteiger partial charge < -0.3 is 14.9 Å². The summed E-state index contributed by atoms with van der Waals surface area (Å²) in [5.41, 5.74) is -0.0588. The van der Waals surface area contributed by atoms with E-state index in [0.717, 1.165) is 6.07 Å². The first-order valence-electron chi connectivity index (χ1n) is 4.75. The van der Waals surface area contributed by atoms with Crippen LogP contribution in [0, 0.1) is 10.1 Å². The zero-order valence-electron chi connectivity index (χ0n) is 9.04. The van der Waals surface area contributed by atoms with E-state index >= 15 is 0 Å². The second-order valence-electron chi connectivity index (χ2n) is 3.35. The maximum atomic E-state index is 10.6. The average Bonchev–Trinajstić information content (AvgIpc) is 2.35. The fourth-order valence-corrected chi connectivity index (χ4v) is 1.53. The quantitative estimate of drug-likeness (QED) is 0.472. The van der Waals surface area contributed by atoms with Gasteiger partial charge in [-0.25, -0.2) is 0 Å². The van der Waals surface area contributed by atoms with E-state index in [2.05, 4.69) is 0 Å². The Labute approximate surface area is 103 Å². The molecule has 0 radical (unpaired) electrons. The number of non-ortho nitro benzene ring substituents is 1. The van der Waals surface area contributed by atoms with Crippen LogP contribution in [-0.4, -0.2) is 34.2 Å². The summed E-state index contributed by atoms with van der Waals surface area (Å²) in [7, 11) is 1.37. The molecule has 1 rings (SSSR count). The molecular formula is C10H12ClNO5. The van der Waals surface area contributed by atoms with Crippen LogP contribution in [0.5, 0.6) is 5.75 Å². The summed E-state index contributed by atoms with van der Waals surface area (Å²) < 4.78 is 4.96. The third-order valence-corrected chi connectivity index (χ3v) is 2.58. The highest BCUT2D eigenvalue weighted by molar-refractivity contribution is 6.18. The van der Waals surface area contributed by atoms with Gasteiger partial charge in [0.15, 0.2) is 0 Å². The summed E-state index contributed by atoms with van der Waals surface area (Å²) >= 11 is 5.41. The Bertz CT molecular complexity index is 412. The average molecular weight is 262 g/mol. The minimum absolute atomic E-state index is 0.134. The molecule has 2 unspecified atom stereocenters. The Morgan fingerprint density at radius 1 is 1.53 bits per heavy atom. The number of aliphatic hydroxyl groups is 2. The Morgan fingerprint density at radius 3 is 2.65 bits per heavy atom. The minimum Gasteiger partial charge on any atom is -0.496 e. The first-order chi connectivity index (χ1) is 8.01. The second kappa shape index (κ2) is 5.81. The molecule has 6 nitrogen and oxygen atoms in total. The summed E-state index contributed by atoms with van der Waals surface area (Å²) in [6.07, 6.45) is -2.55. The van der Waals surface area contributed by atoms with Crippen LogP contribution in [0.4, 0.5) is 5.69 Å². The number of benzene rings is 1. The number of halogens is 1. The number of hydrogen-bond donors (Lipinski definition) is 2. The maximum absolute atomic E-state index is 10.6. The lowest BCUT2D eigenvalue weighted by atomic mass is 10.0. The van der Waals surface area contributed by atoms with Crippen molar-refractivity contribution in [3.8, 4) is 5.75 Å². The van der Waals surface area contributed by atoms with E-state index in [9.17, 15) is 20.3 Å². The van der Waals surface area contributed by atoms with Gasteiger partial charge in [0.25, 0.3) is 5.69 Å². The molecule has 2 atom stereocenters. The van der Waals surface area contributed by atoms with Crippen molar-refractivity contribution in [3.63, 3.8) is 0 Å². The van der Waals surface area contributed by atoms with E-state index < -0.39 is 17.1 Å². The van der Waals surface area contributed by atoms with Crippen LogP contribution in [0.1, 0.15) is 11.7 Å². The van der Waals surface area contributed by atoms with E-state index in [4.69, 9.17) is 16.3 Å². The highest BCUT2D eigenvalue weighted by Crippen LogP contribution is 2.31. The molecule has 0 amide bonds. The van der Waals surface area contributed by atoms with Crippen LogP contribution in [0.15, 0.2) is 18.2 Å². The van der Waals surface area contributed by atoms with Crippen molar-refractivity contribution in [1.82, 2.24) is 0 Å². The van der Waals surface area contributed by atoms with Gasteiger partial charge in [-0.05, 0) is 6.07 Å². The molecule has 0 fully saturated rings. The molecule has 1 aromatic carbocycles. The molecule has 0 bridgehead atoms. The smallest absolute Gasteiger partial charge is 0.270 e. The Kier molecular flexibility index (Phi) is 4.68. The number of nitro benzene ring substituents is 1. The zero-order valence-corrected chi connectivity index (χ0v) is 9.79. The van der Waals surface area contributed by atoms with Crippen LogP contribution in [-0.2, 0) is 0 Å². The van der Waals surface area contributed by atoms with Crippen molar-refractivity contribution in [2.24, 2.45) is 0 Å². The largest absolute Gasteiger partial charge is 0.496 e. The molecule has 0 saturated carbocycles. The van der Waals surface area contributed by atoms with Crippen molar-refractivity contribution >= 4 is 17.3 Å². The molecule has 0 spiro atoms. The SMILES string of the molecule is COc1ccc([N+](=O)[O-])cc1C(O)C(O)CCl. The molecule has 0 aromatic heterocycles. The Morgan fingerprint density at radius 2 is 2.18 bits per heavy atom. The molecule has 0 aliphatic carbocycles. The fraction of sp³-hybridized carbons (Fsp3) is 0.400. The minimum atomic E-state index is -1.33. The second-order valence-corrected chi connectivity index (χ2v) is 3.66. The molecule has 1 aromatic rings. The van der Waals surface area contributed by atoms with Gasteiger partial charge in [-0.1, -0.05) is 0 Å². The number of rotatable bonds is 5. The number of nitro groups is 1. The molecule has 17 heavy (non-hydrogen) atoms. The van der Waals surface area contributed by atoms with E-state index in [-0.39, 0.29) is 22.9 Å². The molecule has 94 valence electrons. The maximum Gasteiger partial charge on any atom is 0.270 e. The number of methoxy groups -OCH3 is 1. The number of alkyl halides is 1. The summed E-state index contributed by atoms with van der Waals surface area (Å²) in [6.45, 7) is 0. The predicted octanol–water partition coefficient (Wildman–Crippen LogP) is 1.24. The van der Waals surface area contributed by atoms with Crippen molar-refractivity contribution < 1.29 is 19.9 Å². The van der Waals surface area contributed by atoms with E-state index in [0.29, 0.717) is 0 Å². The van der Waals surface area contributed by atoms with Crippen molar-refractivity contribution in [1.29, 1.82) is 0 Å². The Hall–Kier alpha value is -1.37. The summed E-state index contributed by atoms with van der Waals surface area (Å²) in [5.74, 6) is 0.0692. The first kappa shape index (κ1) is 13.7. The molecular weight excluding hydrogens is 250 g/mol. The first-order valence-corrected chi connectivity index (χ1v) is 5.29. The molecule has 0 aliphatic rings. The van der Waals surface area contributed by atoms with Crippen molar-refractivity contribution in [2.75, 3.05) is 13.0 Å². The fourth-order valence-electron chi connectivity index (χ4n) is 1.36. The normalized spacial score (nSPS) is 14.1. The van der Waals surface area contributed by atoms with Gasteiger partial charge >= 0.3 is 0 Å². The number of hydrogen-bond acceptors (Lipinski definition) is 5. The predicted molar refractivity (Wildman–Crippen MR) is 61.3 cm³/mol. The van der Waals surface area contributed by atoms with Crippen LogP contribution >= 0.6 is 11.6 Å². The highest BCUT2D eigenvalue weighted by Gasteiger charge is 2.23. The summed E-state index contributed by atoms with van der Waals surface area (Å²) in [5, 5.41) is 29.8. The van der Waals surface area contributed by atoms with Crippen LogP contribution in [0.2, 0.25) is 0 Å². The lowest BCUT2D eigenvalue weighted by Crippen LogP contribution is -2.20. The molecule has 7 heteroatoms. The monoisotopic (exact) mass is 261 g/mol. The van der Waals surface area contributed by atoms with Crippen molar-refractivity contribution in [2.45, 2.75) is 12.2 Å². The molecule has 2 N–H and O–H groups in total. The van der Waals surface area contributed by atoms with Crippen LogP contribution < -0.4 is 4.74 Å². The van der Waals surface area contributed by atoms with Gasteiger partial charge in [0.05, 0.1) is 24.0 Å². The molecule has 0 aliphatic heterocycles.